The Morgan fingerprint density at radius 2 is 1.91 bits per heavy atom. The monoisotopic (exact) mass is 185 g/mol. The van der Waals surface area contributed by atoms with Crippen molar-refractivity contribution in [2.45, 2.75) is 0 Å². The van der Waals surface area contributed by atoms with Gasteiger partial charge in [0.25, 0.3) is 0 Å². The molecule has 0 unspecified atom stereocenters. The van der Waals surface area contributed by atoms with Crippen molar-refractivity contribution in [3.05, 3.63) is 46.4 Å². The fraction of sp³-hybridized carbons (Fsp3) is 0. The van der Waals surface area contributed by atoms with Crippen LogP contribution in [0.5, 0.6) is 0 Å². The molecule has 0 bridgehead atoms. The number of rotatable bonds is 0. The Balaban J connectivity index is 0.000000112. The van der Waals surface area contributed by atoms with Crippen molar-refractivity contribution in [3.63, 3.8) is 0 Å². The van der Waals surface area contributed by atoms with E-state index in [0.29, 0.717) is 0 Å². The first-order chi connectivity index (χ1) is 5.39. The number of nitrogens with one attached hydrogen (secondary N) is 1. The molecule has 0 aromatic carbocycles. The molecule has 2 rings (SSSR count). The molecule has 0 saturated heterocycles. The molecule has 0 aliphatic rings. The first-order valence-corrected chi connectivity index (χ1v) is 4.42. The molecular weight excluding hydrogens is 178 g/mol. The summed E-state index contributed by atoms with van der Waals surface area (Å²) in [6, 6.07) is 7.68. The molecule has 0 aliphatic carbocycles. The second-order valence-corrected chi connectivity index (χ2v) is 3.38. The predicted molar refractivity (Wildman–Crippen MR) is 50.1 cm³/mol. The number of hydrogen-bond donors (Lipinski definition) is 1. The van der Waals surface area contributed by atoms with Crippen LogP contribution in [0.15, 0.2) is 42.0 Å². The molecular formula is C8H8ClNS. The van der Waals surface area contributed by atoms with E-state index in [1.165, 1.54) is 0 Å². The maximum Gasteiger partial charge on any atom is 0.0928 e. The summed E-state index contributed by atoms with van der Waals surface area (Å²) in [6.07, 6.45) is 3.75. The van der Waals surface area contributed by atoms with Crippen molar-refractivity contribution in [2.75, 3.05) is 0 Å². The van der Waals surface area contributed by atoms with Crippen LogP contribution < -0.4 is 0 Å². The van der Waals surface area contributed by atoms with Gasteiger partial charge in [-0.1, -0.05) is 11.6 Å². The van der Waals surface area contributed by atoms with Gasteiger partial charge in [-0.3, -0.25) is 0 Å². The molecule has 2 aromatic rings. The van der Waals surface area contributed by atoms with Crippen LogP contribution in [0, 0.1) is 0 Å². The number of H-pyrrole nitrogens is 1. The molecule has 58 valence electrons. The fourth-order valence-corrected chi connectivity index (χ4v) is 1.21. The third-order valence-corrected chi connectivity index (χ3v) is 2.03. The molecule has 0 fully saturated rings. The Hall–Kier alpha value is -0.730. The molecule has 1 nitrogen and oxygen atoms in total. The molecule has 0 aliphatic heterocycles. The van der Waals surface area contributed by atoms with Gasteiger partial charge in [0.2, 0.25) is 0 Å². The quantitative estimate of drug-likeness (QED) is 0.648. The lowest BCUT2D eigenvalue weighted by Crippen LogP contribution is -1.38. The van der Waals surface area contributed by atoms with Crippen molar-refractivity contribution < 1.29 is 0 Å². The SMILES string of the molecule is Clc1cccs1.c1cc[nH]c1. The van der Waals surface area contributed by atoms with E-state index >= 15 is 0 Å². The highest BCUT2D eigenvalue weighted by atomic mass is 35.5. The highest BCUT2D eigenvalue weighted by Gasteiger charge is 1.77. The van der Waals surface area contributed by atoms with Crippen LogP contribution in [0.25, 0.3) is 0 Å². The maximum atomic E-state index is 5.47. The van der Waals surface area contributed by atoms with Crippen molar-refractivity contribution >= 4 is 22.9 Å². The van der Waals surface area contributed by atoms with Gasteiger partial charge in [-0.25, -0.2) is 0 Å². The number of thiophene rings is 1. The van der Waals surface area contributed by atoms with Gasteiger partial charge in [-0.05, 0) is 29.6 Å². The lowest BCUT2D eigenvalue weighted by atomic mass is 10.7. The zero-order valence-electron chi connectivity index (χ0n) is 5.83. The number of aromatic nitrogens is 1. The molecule has 0 spiro atoms. The summed E-state index contributed by atoms with van der Waals surface area (Å²) in [6.45, 7) is 0. The molecule has 11 heavy (non-hydrogen) atoms. The molecule has 1 N–H and O–H groups in total. The number of hydrogen-bond acceptors (Lipinski definition) is 1. The number of aromatic amines is 1. The molecule has 3 heteroatoms. The van der Waals surface area contributed by atoms with E-state index in [-0.39, 0.29) is 0 Å². The summed E-state index contributed by atoms with van der Waals surface area (Å²) in [5.41, 5.74) is 0. The van der Waals surface area contributed by atoms with E-state index in [4.69, 9.17) is 11.6 Å². The second-order valence-electron chi connectivity index (χ2n) is 1.80. The topological polar surface area (TPSA) is 15.8 Å². The fourth-order valence-electron chi connectivity index (χ4n) is 0.536. The molecule has 0 saturated carbocycles. The van der Waals surface area contributed by atoms with Crippen LogP contribution in [0.1, 0.15) is 0 Å². The van der Waals surface area contributed by atoms with Crippen LogP contribution in [0.4, 0.5) is 0 Å². The Labute approximate surface area is 74.6 Å². The summed E-state index contributed by atoms with van der Waals surface area (Å²) in [7, 11) is 0. The minimum atomic E-state index is 0.856. The standard InChI is InChI=1S/C4H3ClS.C4H5N/c5-4-2-1-3-6-4;1-2-4-5-3-1/h1-3H;1-5H. The summed E-state index contributed by atoms with van der Waals surface area (Å²) in [5.74, 6) is 0. The van der Waals surface area contributed by atoms with Crippen molar-refractivity contribution in [2.24, 2.45) is 0 Å². The smallest absolute Gasteiger partial charge is 0.0928 e. The van der Waals surface area contributed by atoms with Crippen LogP contribution >= 0.6 is 22.9 Å². The summed E-state index contributed by atoms with van der Waals surface area (Å²) in [4.78, 5) is 2.86. The van der Waals surface area contributed by atoms with Gasteiger partial charge in [-0.15, -0.1) is 11.3 Å². The van der Waals surface area contributed by atoms with Gasteiger partial charge >= 0.3 is 0 Å². The Morgan fingerprint density at radius 1 is 1.18 bits per heavy atom. The molecule has 2 aromatic heterocycles. The van der Waals surface area contributed by atoms with Crippen LogP contribution in [-0.2, 0) is 0 Å². The average Bonchev–Trinajstić information content (AvgIpc) is 2.57. The van der Waals surface area contributed by atoms with Gasteiger partial charge in [0, 0.05) is 12.4 Å². The van der Waals surface area contributed by atoms with E-state index < -0.39 is 0 Å². The minimum Gasteiger partial charge on any atom is -0.368 e. The largest absolute Gasteiger partial charge is 0.368 e. The maximum absolute atomic E-state index is 5.47. The van der Waals surface area contributed by atoms with Crippen LogP contribution in [0.3, 0.4) is 0 Å². The average molecular weight is 186 g/mol. The van der Waals surface area contributed by atoms with Gasteiger partial charge in [0.1, 0.15) is 0 Å². The Kier molecular flexibility index (Phi) is 3.80. The van der Waals surface area contributed by atoms with Crippen molar-refractivity contribution in [3.8, 4) is 0 Å². The molecule has 0 amide bonds. The lowest BCUT2D eigenvalue weighted by Gasteiger charge is -1.62. The predicted octanol–water partition coefficient (Wildman–Crippen LogP) is 3.42. The minimum absolute atomic E-state index is 0.856. The lowest BCUT2D eigenvalue weighted by molar-refractivity contribution is 1.42. The molecule has 2 heterocycles. The van der Waals surface area contributed by atoms with Crippen molar-refractivity contribution in [1.82, 2.24) is 4.98 Å². The zero-order valence-corrected chi connectivity index (χ0v) is 7.40. The summed E-state index contributed by atoms with van der Waals surface area (Å²) < 4.78 is 0.856. The molecule has 0 radical (unpaired) electrons. The van der Waals surface area contributed by atoms with Gasteiger partial charge in [0.15, 0.2) is 0 Å². The van der Waals surface area contributed by atoms with Crippen molar-refractivity contribution in [1.29, 1.82) is 0 Å². The highest BCUT2D eigenvalue weighted by Crippen LogP contribution is 2.13. The van der Waals surface area contributed by atoms with Crippen LogP contribution in [-0.4, -0.2) is 4.98 Å². The first kappa shape index (κ1) is 8.37. The summed E-state index contributed by atoms with van der Waals surface area (Å²) >= 11 is 7.02. The van der Waals surface area contributed by atoms with E-state index in [1.807, 2.05) is 42.0 Å². The van der Waals surface area contributed by atoms with Gasteiger partial charge in [0.05, 0.1) is 4.34 Å². The van der Waals surface area contributed by atoms with Gasteiger partial charge in [-0.2, -0.15) is 0 Å². The van der Waals surface area contributed by atoms with E-state index in [2.05, 4.69) is 4.98 Å². The zero-order chi connectivity index (χ0) is 7.94. The molecule has 0 atom stereocenters. The van der Waals surface area contributed by atoms with E-state index in [9.17, 15) is 0 Å². The van der Waals surface area contributed by atoms with Gasteiger partial charge < -0.3 is 4.98 Å². The van der Waals surface area contributed by atoms with E-state index in [0.717, 1.165) is 4.34 Å². The highest BCUT2D eigenvalue weighted by molar-refractivity contribution is 7.14. The summed E-state index contributed by atoms with van der Waals surface area (Å²) in [5, 5.41) is 1.95. The second kappa shape index (κ2) is 4.99. The normalized spacial score (nSPS) is 8.45. The van der Waals surface area contributed by atoms with Crippen LogP contribution in [0.2, 0.25) is 4.34 Å². The third kappa shape index (κ3) is 3.86. The Morgan fingerprint density at radius 3 is 2.09 bits per heavy atom. The third-order valence-electron chi connectivity index (χ3n) is 0.982. The first-order valence-electron chi connectivity index (χ1n) is 3.16. The van der Waals surface area contributed by atoms with E-state index in [1.54, 1.807) is 11.3 Å². The Bertz CT molecular complexity index is 232. The number of halogens is 1.